The molecule has 22 heavy (non-hydrogen) atoms. The highest BCUT2D eigenvalue weighted by molar-refractivity contribution is 5.77. The van der Waals surface area contributed by atoms with Crippen molar-refractivity contribution < 1.29 is 4.79 Å². The van der Waals surface area contributed by atoms with Crippen molar-refractivity contribution in [3.8, 4) is 0 Å². The Morgan fingerprint density at radius 3 is 2.32 bits per heavy atom. The highest BCUT2D eigenvalue weighted by Crippen LogP contribution is 2.21. The van der Waals surface area contributed by atoms with Crippen LogP contribution in [0, 0.1) is 11.8 Å². The van der Waals surface area contributed by atoms with Crippen LogP contribution in [0.1, 0.15) is 52.0 Å². The number of nitrogens with one attached hydrogen (secondary N) is 1. The molecule has 0 bridgehead atoms. The molecule has 0 radical (unpaired) electrons. The third-order valence-electron chi connectivity index (χ3n) is 4.31. The van der Waals surface area contributed by atoms with Gasteiger partial charge in [0.2, 0.25) is 11.9 Å². The molecule has 5 heteroatoms. The van der Waals surface area contributed by atoms with Crippen LogP contribution in [0.25, 0.3) is 0 Å². The first-order valence-electron chi connectivity index (χ1n) is 8.32. The van der Waals surface area contributed by atoms with Crippen molar-refractivity contribution in [1.82, 2.24) is 15.3 Å². The van der Waals surface area contributed by atoms with Gasteiger partial charge < -0.3 is 10.2 Å². The Morgan fingerprint density at radius 2 is 1.82 bits per heavy atom. The molecule has 1 aromatic heterocycles. The average Bonchev–Trinajstić information content (AvgIpc) is 2.53. The fourth-order valence-electron chi connectivity index (χ4n) is 2.58. The molecule has 1 saturated heterocycles. The normalized spacial score (nSPS) is 16.4. The third-order valence-corrected chi connectivity index (χ3v) is 4.31. The number of nitrogens with zero attached hydrogens (tertiary/aromatic N) is 3. The van der Waals surface area contributed by atoms with Gasteiger partial charge in [0.1, 0.15) is 0 Å². The second-order valence-corrected chi connectivity index (χ2v) is 6.80. The molecule has 1 aliphatic heterocycles. The summed E-state index contributed by atoms with van der Waals surface area (Å²) in [6.07, 6.45) is 6.02. The summed E-state index contributed by atoms with van der Waals surface area (Å²) in [6.45, 7) is 10.9. The quantitative estimate of drug-likeness (QED) is 0.908. The van der Waals surface area contributed by atoms with Crippen molar-refractivity contribution in [2.24, 2.45) is 11.8 Å². The Kier molecular flexibility index (Phi) is 5.75. The summed E-state index contributed by atoms with van der Waals surface area (Å²) >= 11 is 0. The molecule has 1 aromatic rings. The molecular weight excluding hydrogens is 276 g/mol. The highest BCUT2D eigenvalue weighted by atomic mass is 16.1. The Balaban J connectivity index is 1.80. The molecule has 2 rings (SSSR count). The molecule has 0 aliphatic carbocycles. The van der Waals surface area contributed by atoms with Gasteiger partial charge in [-0.15, -0.1) is 0 Å². The van der Waals surface area contributed by atoms with Gasteiger partial charge in [-0.1, -0.05) is 27.7 Å². The van der Waals surface area contributed by atoms with E-state index < -0.39 is 0 Å². The van der Waals surface area contributed by atoms with E-state index in [2.05, 4.69) is 34.0 Å². The average molecular weight is 304 g/mol. The lowest BCUT2D eigenvalue weighted by Gasteiger charge is -2.32. The maximum absolute atomic E-state index is 11.6. The molecule has 1 fully saturated rings. The van der Waals surface area contributed by atoms with Gasteiger partial charge in [0.05, 0.1) is 0 Å². The van der Waals surface area contributed by atoms with E-state index in [1.165, 1.54) is 5.56 Å². The van der Waals surface area contributed by atoms with Gasteiger partial charge in [-0.3, -0.25) is 4.79 Å². The van der Waals surface area contributed by atoms with Crippen LogP contribution < -0.4 is 10.2 Å². The van der Waals surface area contributed by atoms with E-state index in [1.54, 1.807) is 0 Å². The predicted octanol–water partition coefficient (Wildman–Crippen LogP) is 2.59. The fraction of sp³-hybridized carbons (Fsp3) is 0.706. The molecule has 0 atom stereocenters. The van der Waals surface area contributed by atoms with Crippen molar-refractivity contribution in [2.75, 3.05) is 24.5 Å². The molecular formula is C17H28N4O. The van der Waals surface area contributed by atoms with Crippen LogP contribution in [0.15, 0.2) is 12.4 Å². The molecule has 0 spiro atoms. The summed E-state index contributed by atoms with van der Waals surface area (Å²) in [4.78, 5) is 22.8. The predicted molar refractivity (Wildman–Crippen MR) is 88.9 cm³/mol. The summed E-state index contributed by atoms with van der Waals surface area (Å²) < 4.78 is 0. The highest BCUT2D eigenvalue weighted by Gasteiger charge is 2.21. The second-order valence-electron chi connectivity index (χ2n) is 6.80. The fourth-order valence-corrected chi connectivity index (χ4v) is 2.58. The molecule has 2 heterocycles. The van der Waals surface area contributed by atoms with E-state index in [4.69, 9.17) is 0 Å². The summed E-state index contributed by atoms with van der Waals surface area (Å²) in [6, 6.07) is 0. The number of piperidine rings is 1. The minimum absolute atomic E-state index is 0.0629. The summed E-state index contributed by atoms with van der Waals surface area (Å²) in [7, 11) is 0. The van der Waals surface area contributed by atoms with E-state index in [0.29, 0.717) is 11.8 Å². The van der Waals surface area contributed by atoms with Gasteiger partial charge in [-0.2, -0.15) is 0 Å². The molecule has 0 saturated carbocycles. The molecule has 122 valence electrons. The van der Waals surface area contributed by atoms with Gasteiger partial charge in [-0.25, -0.2) is 9.97 Å². The molecule has 1 N–H and O–H groups in total. The molecule has 1 aliphatic rings. The van der Waals surface area contributed by atoms with E-state index in [1.807, 2.05) is 26.2 Å². The topological polar surface area (TPSA) is 58.1 Å². The molecule has 0 unspecified atom stereocenters. The van der Waals surface area contributed by atoms with E-state index in [-0.39, 0.29) is 11.8 Å². The number of carbonyl (C=O) groups is 1. The van der Waals surface area contributed by atoms with Gasteiger partial charge >= 0.3 is 0 Å². The van der Waals surface area contributed by atoms with Crippen LogP contribution in [0.2, 0.25) is 0 Å². The minimum Gasteiger partial charge on any atom is -0.356 e. The zero-order chi connectivity index (χ0) is 16.1. The van der Waals surface area contributed by atoms with E-state index >= 15 is 0 Å². The Hall–Kier alpha value is -1.65. The number of hydrogen-bond acceptors (Lipinski definition) is 4. The number of hydrogen-bond donors (Lipinski definition) is 1. The first-order valence-corrected chi connectivity index (χ1v) is 8.32. The van der Waals surface area contributed by atoms with Crippen LogP contribution in [0.4, 0.5) is 5.95 Å². The summed E-state index contributed by atoms with van der Waals surface area (Å²) in [5.74, 6) is 2.07. The number of carbonyl (C=O) groups excluding carboxylic acids is 1. The third kappa shape index (κ3) is 4.42. The lowest BCUT2D eigenvalue weighted by Crippen LogP contribution is -2.40. The van der Waals surface area contributed by atoms with Crippen LogP contribution in [-0.2, 0) is 4.79 Å². The second kappa shape index (κ2) is 7.56. The van der Waals surface area contributed by atoms with Gasteiger partial charge in [0.25, 0.3) is 0 Å². The Labute approximate surface area is 133 Å². The first-order chi connectivity index (χ1) is 10.5. The van der Waals surface area contributed by atoms with Gasteiger partial charge in [0, 0.05) is 37.9 Å². The molecule has 5 nitrogen and oxygen atoms in total. The van der Waals surface area contributed by atoms with Crippen molar-refractivity contribution in [2.45, 2.75) is 46.5 Å². The SMILES string of the molecule is CC(C)C(=O)NCC1CCN(c2ncc(C(C)C)cn2)CC1. The van der Waals surface area contributed by atoms with Crippen molar-refractivity contribution in [3.05, 3.63) is 18.0 Å². The zero-order valence-corrected chi connectivity index (χ0v) is 14.2. The standard InChI is InChI=1S/C17H28N4O/c1-12(2)15-10-19-17(20-11-15)21-7-5-14(6-8-21)9-18-16(22)13(3)4/h10-14H,5-9H2,1-4H3,(H,18,22). The van der Waals surface area contributed by atoms with Gasteiger partial charge in [0.15, 0.2) is 0 Å². The Morgan fingerprint density at radius 1 is 1.23 bits per heavy atom. The lowest BCUT2D eigenvalue weighted by atomic mass is 9.97. The van der Waals surface area contributed by atoms with Crippen LogP contribution in [0.3, 0.4) is 0 Å². The zero-order valence-electron chi connectivity index (χ0n) is 14.2. The van der Waals surface area contributed by atoms with Crippen molar-refractivity contribution >= 4 is 11.9 Å². The smallest absolute Gasteiger partial charge is 0.225 e. The Bertz CT molecular complexity index is 476. The van der Waals surface area contributed by atoms with E-state index in [0.717, 1.165) is 38.4 Å². The summed E-state index contributed by atoms with van der Waals surface area (Å²) in [5.41, 5.74) is 1.18. The van der Waals surface area contributed by atoms with Crippen molar-refractivity contribution in [1.29, 1.82) is 0 Å². The van der Waals surface area contributed by atoms with Crippen LogP contribution in [-0.4, -0.2) is 35.5 Å². The molecule has 1 amide bonds. The summed E-state index contributed by atoms with van der Waals surface area (Å²) in [5, 5.41) is 3.04. The monoisotopic (exact) mass is 304 g/mol. The van der Waals surface area contributed by atoms with E-state index in [9.17, 15) is 4.79 Å². The van der Waals surface area contributed by atoms with Gasteiger partial charge in [-0.05, 0) is 30.2 Å². The van der Waals surface area contributed by atoms with Crippen molar-refractivity contribution in [3.63, 3.8) is 0 Å². The maximum Gasteiger partial charge on any atom is 0.225 e. The van der Waals surface area contributed by atoms with Crippen LogP contribution in [0.5, 0.6) is 0 Å². The maximum atomic E-state index is 11.6. The number of anilines is 1. The number of aromatic nitrogens is 2. The number of rotatable bonds is 5. The largest absolute Gasteiger partial charge is 0.356 e. The first kappa shape index (κ1) is 16.7. The lowest BCUT2D eigenvalue weighted by molar-refractivity contribution is -0.124. The number of amides is 1. The van der Waals surface area contributed by atoms with Crippen LogP contribution >= 0.6 is 0 Å². The molecule has 0 aromatic carbocycles. The minimum atomic E-state index is 0.0629.